The molecule has 1 aromatic heterocycles. The Morgan fingerprint density at radius 1 is 0.829 bits per heavy atom. The zero-order valence-electron chi connectivity index (χ0n) is 22.4. The number of alkyl halides is 3. The molecule has 5 nitrogen and oxygen atoms in total. The molecule has 0 saturated carbocycles. The molecular weight excluding hydrogens is 549 g/mol. The van der Waals surface area contributed by atoms with E-state index in [1.165, 1.54) is 17.0 Å². The number of aromatic amines is 1. The van der Waals surface area contributed by atoms with Crippen LogP contribution in [0.2, 0.25) is 0 Å². The quantitative estimate of drug-likeness (QED) is 0.219. The molecule has 0 unspecified atom stereocenters. The summed E-state index contributed by atoms with van der Waals surface area (Å²) in [5.74, 6) is -0.299. The minimum Gasteiger partial charge on any atom is -0.353 e. The van der Waals surface area contributed by atoms with E-state index >= 15 is 0 Å². The second-order valence-electron chi connectivity index (χ2n) is 10.0. The number of H-pyrrole nitrogens is 1. The lowest BCUT2D eigenvalue weighted by atomic mass is 9.98. The van der Waals surface area contributed by atoms with Crippen LogP contribution in [0.5, 0.6) is 0 Å². The number of halogens is 3. The van der Waals surface area contributed by atoms with Crippen LogP contribution < -0.4 is 0 Å². The van der Waals surface area contributed by atoms with Gasteiger partial charge in [0.25, 0.3) is 5.91 Å². The van der Waals surface area contributed by atoms with Crippen LogP contribution >= 0.6 is 0 Å². The van der Waals surface area contributed by atoms with Crippen LogP contribution in [0.25, 0.3) is 21.9 Å². The van der Waals surface area contributed by atoms with Gasteiger partial charge in [0.15, 0.2) is 9.84 Å². The molecule has 0 atom stereocenters. The van der Waals surface area contributed by atoms with Crippen molar-refractivity contribution in [2.45, 2.75) is 31.1 Å². The van der Waals surface area contributed by atoms with Crippen LogP contribution in [0.3, 0.4) is 0 Å². The van der Waals surface area contributed by atoms with Gasteiger partial charge < -0.3 is 9.88 Å². The molecule has 1 N–H and O–H groups in total. The van der Waals surface area contributed by atoms with E-state index in [1.54, 1.807) is 12.1 Å². The summed E-state index contributed by atoms with van der Waals surface area (Å²) in [5.41, 5.74) is 2.94. The molecule has 1 heterocycles. The second kappa shape index (κ2) is 10.9. The lowest BCUT2D eigenvalue weighted by Crippen LogP contribution is -2.31. The number of fused-ring (bicyclic) bond motifs is 1. The molecule has 5 rings (SSSR count). The third kappa shape index (κ3) is 6.20. The number of sulfone groups is 1. The Hall–Kier alpha value is -4.37. The summed E-state index contributed by atoms with van der Waals surface area (Å²) in [5, 5.41) is 1.66. The van der Waals surface area contributed by atoms with Crippen LogP contribution in [0, 0.1) is 6.92 Å². The number of hydrogen-bond donors (Lipinski definition) is 1. The van der Waals surface area contributed by atoms with Gasteiger partial charge in [0.05, 0.1) is 17.0 Å². The molecule has 0 fully saturated rings. The van der Waals surface area contributed by atoms with Gasteiger partial charge in [-0.1, -0.05) is 72.8 Å². The van der Waals surface area contributed by atoms with Gasteiger partial charge in [0, 0.05) is 18.5 Å². The Bertz CT molecular complexity index is 1840. The molecule has 0 radical (unpaired) electrons. The largest absolute Gasteiger partial charge is 0.431 e. The summed E-state index contributed by atoms with van der Waals surface area (Å²) >= 11 is 0. The van der Waals surface area contributed by atoms with Crippen LogP contribution in [-0.2, 0) is 29.1 Å². The number of carbonyl (C=O) groups excluding carboxylic acids is 1. The van der Waals surface area contributed by atoms with Gasteiger partial charge in [0.1, 0.15) is 5.69 Å². The standard InChI is InChI=1S/C32H27F3N2O3S/c1-21-10-13-24-6-3-4-9-28(24)30(21)31(38)37(20-26-16-17-29(36-26)32(33,34)35)19-22-11-14-23(15-12-22)25-7-5-8-27(18-25)41(2,39)40/h3-18,36H,19-20H2,1-2H3. The fourth-order valence-electron chi connectivity index (χ4n) is 4.85. The number of benzene rings is 4. The smallest absolute Gasteiger partial charge is 0.353 e. The normalized spacial score (nSPS) is 12.0. The first-order chi connectivity index (χ1) is 19.4. The van der Waals surface area contributed by atoms with Crippen LogP contribution in [-0.4, -0.2) is 30.5 Å². The summed E-state index contributed by atoms with van der Waals surface area (Å²) in [6, 6.07) is 27.6. The summed E-state index contributed by atoms with van der Waals surface area (Å²) in [6.07, 6.45) is -3.37. The first kappa shape index (κ1) is 28.2. The van der Waals surface area contributed by atoms with Crippen molar-refractivity contribution in [1.29, 1.82) is 0 Å². The fraction of sp³-hybridized carbons (Fsp3) is 0.156. The topological polar surface area (TPSA) is 70.2 Å². The van der Waals surface area contributed by atoms with Crippen molar-refractivity contribution in [3.8, 4) is 11.1 Å². The van der Waals surface area contributed by atoms with Crippen molar-refractivity contribution in [2.24, 2.45) is 0 Å². The molecule has 0 aliphatic carbocycles. The van der Waals surface area contributed by atoms with Crippen LogP contribution in [0.4, 0.5) is 13.2 Å². The number of rotatable bonds is 7. The Morgan fingerprint density at radius 2 is 1.56 bits per heavy atom. The summed E-state index contributed by atoms with van der Waals surface area (Å²) < 4.78 is 63.7. The lowest BCUT2D eigenvalue weighted by molar-refractivity contribution is -0.140. The van der Waals surface area contributed by atoms with E-state index in [-0.39, 0.29) is 29.6 Å². The molecule has 9 heteroatoms. The molecule has 210 valence electrons. The second-order valence-corrected chi connectivity index (χ2v) is 12.0. The van der Waals surface area contributed by atoms with Gasteiger partial charge in [-0.25, -0.2) is 8.42 Å². The Balaban J connectivity index is 1.49. The minimum absolute atomic E-state index is 0.0598. The van der Waals surface area contributed by atoms with Crippen molar-refractivity contribution in [2.75, 3.05) is 6.26 Å². The third-order valence-electron chi connectivity index (χ3n) is 6.97. The highest BCUT2D eigenvalue weighted by atomic mass is 32.2. The van der Waals surface area contributed by atoms with Crippen molar-refractivity contribution in [3.05, 3.63) is 125 Å². The molecular formula is C32H27F3N2O3S. The molecule has 0 spiro atoms. The van der Waals surface area contributed by atoms with Gasteiger partial charge in [-0.05, 0) is 64.2 Å². The molecule has 0 aliphatic heterocycles. The molecule has 0 bridgehead atoms. The molecule has 5 aromatic rings. The predicted octanol–water partition coefficient (Wildman–Crippen LogP) is 7.41. The van der Waals surface area contributed by atoms with E-state index < -0.39 is 21.7 Å². The highest BCUT2D eigenvalue weighted by Crippen LogP contribution is 2.30. The number of nitrogens with zero attached hydrogens (tertiary/aromatic N) is 1. The van der Waals surface area contributed by atoms with E-state index in [0.717, 1.165) is 45.3 Å². The molecule has 0 aliphatic rings. The number of carbonyl (C=O) groups is 1. The monoisotopic (exact) mass is 576 g/mol. The van der Waals surface area contributed by atoms with Crippen molar-refractivity contribution >= 4 is 26.5 Å². The lowest BCUT2D eigenvalue weighted by Gasteiger charge is -2.24. The molecule has 0 saturated heterocycles. The maximum absolute atomic E-state index is 14.0. The van der Waals surface area contributed by atoms with E-state index in [4.69, 9.17) is 0 Å². The van der Waals surface area contributed by atoms with Crippen molar-refractivity contribution in [1.82, 2.24) is 9.88 Å². The SMILES string of the molecule is Cc1ccc2ccccc2c1C(=O)N(Cc1ccc(-c2cccc(S(C)(=O)=O)c2)cc1)Cc1ccc(C(F)(F)F)[nH]1. The zero-order chi connectivity index (χ0) is 29.4. The summed E-state index contributed by atoms with van der Waals surface area (Å²) in [7, 11) is -3.37. The number of aryl methyl sites for hydroxylation is 1. The van der Waals surface area contributed by atoms with E-state index in [1.807, 2.05) is 73.7 Å². The van der Waals surface area contributed by atoms with Crippen LogP contribution in [0.1, 0.15) is 32.9 Å². The first-order valence-corrected chi connectivity index (χ1v) is 14.7. The van der Waals surface area contributed by atoms with Gasteiger partial charge in [-0.3, -0.25) is 4.79 Å². The van der Waals surface area contributed by atoms with E-state index in [9.17, 15) is 26.4 Å². The average Bonchev–Trinajstić information content (AvgIpc) is 3.42. The number of amides is 1. The molecule has 1 amide bonds. The van der Waals surface area contributed by atoms with E-state index in [0.29, 0.717) is 5.56 Å². The number of hydrogen-bond acceptors (Lipinski definition) is 3. The Kier molecular flexibility index (Phi) is 7.48. The van der Waals surface area contributed by atoms with E-state index in [2.05, 4.69) is 4.98 Å². The number of aromatic nitrogens is 1. The molecule has 41 heavy (non-hydrogen) atoms. The highest BCUT2D eigenvalue weighted by molar-refractivity contribution is 7.90. The van der Waals surface area contributed by atoms with Gasteiger partial charge in [0.2, 0.25) is 0 Å². The predicted molar refractivity (Wildman–Crippen MR) is 153 cm³/mol. The van der Waals surface area contributed by atoms with Crippen molar-refractivity contribution in [3.63, 3.8) is 0 Å². The fourth-order valence-corrected chi connectivity index (χ4v) is 5.52. The maximum atomic E-state index is 14.0. The average molecular weight is 577 g/mol. The summed E-state index contributed by atoms with van der Waals surface area (Å²) in [4.78, 5) is 18.2. The highest BCUT2D eigenvalue weighted by Gasteiger charge is 2.32. The van der Waals surface area contributed by atoms with Gasteiger partial charge >= 0.3 is 6.18 Å². The third-order valence-corrected chi connectivity index (χ3v) is 8.08. The number of nitrogens with one attached hydrogen (secondary N) is 1. The maximum Gasteiger partial charge on any atom is 0.431 e. The minimum atomic E-state index is -4.52. The zero-order valence-corrected chi connectivity index (χ0v) is 23.2. The Labute approximate surface area is 236 Å². The van der Waals surface area contributed by atoms with Gasteiger partial charge in [-0.15, -0.1) is 0 Å². The molecule has 4 aromatic carbocycles. The Morgan fingerprint density at radius 3 is 2.24 bits per heavy atom. The van der Waals surface area contributed by atoms with Crippen LogP contribution in [0.15, 0.2) is 102 Å². The first-order valence-electron chi connectivity index (χ1n) is 12.8. The van der Waals surface area contributed by atoms with Crippen molar-refractivity contribution < 1.29 is 26.4 Å². The van der Waals surface area contributed by atoms with Gasteiger partial charge in [-0.2, -0.15) is 13.2 Å². The summed E-state index contributed by atoms with van der Waals surface area (Å²) in [6.45, 7) is 1.93.